The van der Waals surface area contributed by atoms with Crippen LogP contribution in [0, 0.1) is 6.92 Å². The number of ether oxygens (including phenoxy) is 2. The third-order valence-electron chi connectivity index (χ3n) is 5.27. The van der Waals surface area contributed by atoms with Crippen molar-refractivity contribution in [3.63, 3.8) is 0 Å². The highest BCUT2D eigenvalue weighted by Crippen LogP contribution is 2.37. The Morgan fingerprint density at radius 1 is 1.09 bits per heavy atom. The van der Waals surface area contributed by atoms with Gasteiger partial charge in [0.1, 0.15) is 12.4 Å². The Balaban J connectivity index is 1.65. The van der Waals surface area contributed by atoms with Crippen LogP contribution in [0.25, 0.3) is 10.9 Å². The second-order valence-electron chi connectivity index (χ2n) is 7.71. The lowest BCUT2D eigenvalue weighted by Gasteiger charge is -2.14. The fraction of sp³-hybridized carbons (Fsp3) is 0.192. The molecule has 0 aliphatic carbocycles. The van der Waals surface area contributed by atoms with Crippen LogP contribution in [0.15, 0.2) is 73.4 Å². The van der Waals surface area contributed by atoms with Crippen molar-refractivity contribution in [2.24, 2.45) is 5.10 Å². The molecule has 0 saturated carbocycles. The van der Waals surface area contributed by atoms with Crippen LogP contribution in [-0.4, -0.2) is 23.0 Å². The van der Waals surface area contributed by atoms with E-state index in [0.717, 1.165) is 20.1 Å². The molecule has 0 aliphatic heterocycles. The normalized spacial score (nSPS) is 11.3. The number of hydrogen-bond donors (Lipinski definition) is 0. The van der Waals surface area contributed by atoms with Gasteiger partial charge < -0.3 is 9.47 Å². The molecule has 34 heavy (non-hydrogen) atoms. The van der Waals surface area contributed by atoms with Crippen LogP contribution in [-0.2, 0) is 13.0 Å². The molecule has 0 spiro atoms. The van der Waals surface area contributed by atoms with Crippen molar-refractivity contribution in [2.45, 2.75) is 26.9 Å². The zero-order valence-corrected chi connectivity index (χ0v) is 22.2. The molecule has 3 aromatic carbocycles. The number of rotatable bonds is 7. The summed E-state index contributed by atoms with van der Waals surface area (Å²) in [5, 5.41) is 4.96. The van der Waals surface area contributed by atoms with E-state index in [2.05, 4.69) is 61.0 Å². The summed E-state index contributed by atoms with van der Waals surface area (Å²) in [6.45, 7) is 4.41. The Morgan fingerprint density at radius 3 is 2.56 bits per heavy atom. The van der Waals surface area contributed by atoms with E-state index in [0.29, 0.717) is 41.3 Å². The molecular formula is C26H23Br2N3O3. The van der Waals surface area contributed by atoms with Gasteiger partial charge in [-0.25, -0.2) is 4.98 Å². The Bertz CT molecular complexity index is 1430. The molecule has 0 N–H and O–H groups in total. The van der Waals surface area contributed by atoms with Crippen molar-refractivity contribution < 1.29 is 9.47 Å². The van der Waals surface area contributed by atoms with Crippen LogP contribution in [0.1, 0.15) is 29.4 Å². The predicted molar refractivity (Wildman–Crippen MR) is 142 cm³/mol. The Kier molecular flexibility index (Phi) is 7.48. The maximum Gasteiger partial charge on any atom is 0.282 e. The lowest BCUT2D eigenvalue weighted by molar-refractivity contribution is 0.282. The molecule has 0 fully saturated rings. The molecule has 174 valence electrons. The molecule has 0 radical (unpaired) electrons. The summed E-state index contributed by atoms with van der Waals surface area (Å²) < 4.78 is 14.5. The molecule has 0 atom stereocenters. The van der Waals surface area contributed by atoms with Gasteiger partial charge in [0.25, 0.3) is 5.56 Å². The molecule has 0 amide bonds. The Hall–Kier alpha value is -2.97. The maximum atomic E-state index is 13.1. The smallest absolute Gasteiger partial charge is 0.282 e. The summed E-state index contributed by atoms with van der Waals surface area (Å²) in [5.74, 6) is 1.75. The first kappa shape index (κ1) is 24.2. The fourth-order valence-corrected chi connectivity index (χ4v) is 4.40. The molecule has 0 saturated heterocycles. The maximum absolute atomic E-state index is 13.1. The third kappa shape index (κ3) is 5.23. The minimum absolute atomic E-state index is 0.219. The van der Waals surface area contributed by atoms with Gasteiger partial charge in [0.2, 0.25) is 0 Å². The van der Waals surface area contributed by atoms with Gasteiger partial charge in [-0.3, -0.25) is 4.79 Å². The Morgan fingerprint density at radius 2 is 1.85 bits per heavy atom. The second-order valence-corrected chi connectivity index (χ2v) is 9.48. The lowest BCUT2D eigenvalue weighted by Crippen LogP contribution is -2.22. The van der Waals surface area contributed by atoms with E-state index < -0.39 is 0 Å². The van der Waals surface area contributed by atoms with Crippen LogP contribution in [0.3, 0.4) is 0 Å². The minimum atomic E-state index is -0.219. The summed E-state index contributed by atoms with van der Waals surface area (Å²) >= 11 is 7.00. The van der Waals surface area contributed by atoms with Crippen molar-refractivity contribution in [1.82, 2.24) is 9.66 Å². The molecule has 6 nitrogen and oxygen atoms in total. The van der Waals surface area contributed by atoms with Crippen molar-refractivity contribution in [3.05, 3.63) is 96.4 Å². The molecule has 1 aromatic heterocycles. The number of benzene rings is 3. The van der Waals surface area contributed by atoms with Gasteiger partial charge in [-0.1, -0.05) is 52.7 Å². The van der Waals surface area contributed by atoms with Crippen LogP contribution in [0.2, 0.25) is 0 Å². The molecule has 0 aliphatic rings. The second kappa shape index (κ2) is 10.5. The van der Waals surface area contributed by atoms with Crippen LogP contribution in [0.4, 0.5) is 0 Å². The summed E-state index contributed by atoms with van der Waals surface area (Å²) in [5.41, 5.74) is 3.44. The van der Waals surface area contributed by atoms with Gasteiger partial charge in [-0.2, -0.15) is 9.78 Å². The van der Waals surface area contributed by atoms with Gasteiger partial charge in [0.05, 0.1) is 28.7 Å². The summed E-state index contributed by atoms with van der Waals surface area (Å²) in [7, 11) is 1.59. The van der Waals surface area contributed by atoms with Crippen LogP contribution in [0.5, 0.6) is 11.5 Å². The topological polar surface area (TPSA) is 65.7 Å². The van der Waals surface area contributed by atoms with Crippen LogP contribution < -0.4 is 15.0 Å². The van der Waals surface area contributed by atoms with E-state index in [9.17, 15) is 4.79 Å². The van der Waals surface area contributed by atoms with Crippen molar-refractivity contribution in [2.75, 3.05) is 7.11 Å². The highest BCUT2D eigenvalue weighted by molar-refractivity contribution is 9.10. The standard InChI is InChI=1S/C26H23Br2N3O3/c1-4-24-30-22-10-9-19(27)13-20(22)26(32)31(24)29-14-18-11-21(28)25(23(12-18)33-3)34-15-17-7-5-16(2)6-8-17/h5-14H,4,15H2,1-3H3. The molecule has 4 aromatic rings. The Labute approximate surface area is 214 Å². The van der Waals surface area contributed by atoms with Gasteiger partial charge in [-0.05, 0) is 64.3 Å². The van der Waals surface area contributed by atoms with Gasteiger partial charge in [-0.15, -0.1) is 0 Å². The number of aryl methyl sites for hydroxylation is 2. The average Bonchev–Trinajstić information content (AvgIpc) is 2.83. The molecule has 8 heteroatoms. The lowest BCUT2D eigenvalue weighted by atomic mass is 10.2. The third-order valence-corrected chi connectivity index (χ3v) is 6.35. The highest BCUT2D eigenvalue weighted by atomic mass is 79.9. The highest BCUT2D eigenvalue weighted by Gasteiger charge is 2.13. The number of nitrogens with zero attached hydrogens (tertiary/aromatic N) is 3. The van der Waals surface area contributed by atoms with E-state index in [4.69, 9.17) is 9.47 Å². The van der Waals surface area contributed by atoms with E-state index in [1.54, 1.807) is 19.4 Å². The zero-order valence-electron chi connectivity index (χ0n) is 19.0. The average molecular weight is 585 g/mol. The van der Waals surface area contributed by atoms with Crippen molar-refractivity contribution in [3.8, 4) is 11.5 Å². The largest absolute Gasteiger partial charge is 0.493 e. The van der Waals surface area contributed by atoms with Gasteiger partial charge in [0, 0.05) is 10.9 Å². The first-order valence-corrected chi connectivity index (χ1v) is 12.3. The summed E-state index contributed by atoms with van der Waals surface area (Å²) in [4.78, 5) is 17.7. The van der Waals surface area contributed by atoms with Crippen LogP contribution >= 0.6 is 31.9 Å². The molecule has 0 unspecified atom stereocenters. The quantitative estimate of drug-likeness (QED) is 0.240. The number of aromatic nitrogens is 2. The summed E-state index contributed by atoms with van der Waals surface area (Å²) in [6, 6.07) is 17.3. The molecule has 4 rings (SSSR count). The monoisotopic (exact) mass is 583 g/mol. The zero-order chi connectivity index (χ0) is 24.2. The van der Waals surface area contributed by atoms with Gasteiger partial charge in [0.15, 0.2) is 11.5 Å². The first-order valence-electron chi connectivity index (χ1n) is 10.7. The van der Waals surface area contributed by atoms with Crippen molar-refractivity contribution in [1.29, 1.82) is 0 Å². The van der Waals surface area contributed by atoms with E-state index in [1.807, 2.05) is 43.3 Å². The molecular weight excluding hydrogens is 562 g/mol. The number of hydrogen-bond acceptors (Lipinski definition) is 5. The predicted octanol–water partition coefficient (Wildman–Crippen LogP) is 6.26. The molecule has 0 bridgehead atoms. The van der Waals surface area contributed by atoms with E-state index >= 15 is 0 Å². The van der Waals surface area contributed by atoms with E-state index in [1.165, 1.54) is 10.2 Å². The number of methoxy groups -OCH3 is 1. The van der Waals surface area contributed by atoms with Gasteiger partial charge >= 0.3 is 0 Å². The number of halogens is 2. The summed E-state index contributed by atoms with van der Waals surface area (Å²) in [6.07, 6.45) is 2.18. The molecule has 1 heterocycles. The van der Waals surface area contributed by atoms with E-state index in [-0.39, 0.29) is 5.56 Å². The fourth-order valence-electron chi connectivity index (χ4n) is 3.46. The van der Waals surface area contributed by atoms with Crippen molar-refractivity contribution >= 4 is 49.0 Å². The SMILES string of the molecule is CCc1nc2ccc(Br)cc2c(=O)n1N=Cc1cc(Br)c(OCc2ccc(C)cc2)c(OC)c1. The number of fused-ring (bicyclic) bond motifs is 1. The first-order chi connectivity index (χ1) is 16.4. The minimum Gasteiger partial charge on any atom is -0.493 e.